The van der Waals surface area contributed by atoms with Gasteiger partial charge in [0.05, 0.1) is 30.9 Å². The molecule has 0 saturated heterocycles. The number of carbonyl (C=O) groups is 1. The quantitative estimate of drug-likeness (QED) is 0.282. The van der Waals surface area contributed by atoms with Crippen LogP contribution in [0.15, 0.2) is 72.0 Å². The van der Waals surface area contributed by atoms with Crippen molar-refractivity contribution in [3.05, 3.63) is 72.4 Å². The number of amides is 1. The number of hydrogen-bond donors (Lipinski definition) is 2. The maximum Gasteiger partial charge on any atom is 0.239 e. The first kappa shape index (κ1) is 24.3. The second-order valence-corrected chi connectivity index (χ2v) is 9.14. The van der Waals surface area contributed by atoms with Crippen molar-refractivity contribution in [1.29, 1.82) is 0 Å². The number of ether oxygens (including phenoxy) is 2. The minimum absolute atomic E-state index is 0.107. The van der Waals surface area contributed by atoms with Crippen LogP contribution in [-0.2, 0) is 4.79 Å². The maximum absolute atomic E-state index is 13.0. The monoisotopic (exact) mass is 488 g/mol. The summed E-state index contributed by atoms with van der Waals surface area (Å²) in [5, 5.41) is 3.25. The third-order valence-corrected chi connectivity index (χ3v) is 6.76. The van der Waals surface area contributed by atoms with Crippen molar-refractivity contribution in [2.45, 2.75) is 30.7 Å². The van der Waals surface area contributed by atoms with Crippen molar-refractivity contribution in [2.24, 2.45) is 0 Å². The third kappa shape index (κ3) is 5.84. The van der Waals surface area contributed by atoms with Gasteiger partial charge >= 0.3 is 0 Å². The number of hydrogen-bond acceptors (Lipinski definition) is 6. The first-order chi connectivity index (χ1) is 17.0. The van der Waals surface area contributed by atoms with E-state index in [-0.39, 0.29) is 11.2 Å². The lowest BCUT2D eigenvalue weighted by Gasteiger charge is -2.13. The van der Waals surface area contributed by atoms with Crippen LogP contribution in [0.1, 0.15) is 18.9 Å². The summed E-state index contributed by atoms with van der Waals surface area (Å²) in [6.07, 6.45) is 2.33. The lowest BCUT2D eigenvalue weighted by Crippen LogP contribution is -2.25. The lowest BCUT2D eigenvalue weighted by molar-refractivity contribution is -0.115. The zero-order valence-corrected chi connectivity index (χ0v) is 21.0. The van der Waals surface area contributed by atoms with E-state index in [0.29, 0.717) is 17.4 Å². The topological polar surface area (TPSA) is 89.1 Å². The van der Waals surface area contributed by atoms with Gasteiger partial charge in [-0.15, -0.1) is 0 Å². The molecule has 0 aliphatic carbocycles. The Morgan fingerprint density at radius 1 is 1.00 bits per heavy atom. The van der Waals surface area contributed by atoms with Gasteiger partial charge in [-0.05, 0) is 79.6 Å². The number of benzene rings is 2. The van der Waals surface area contributed by atoms with Gasteiger partial charge < -0.3 is 19.8 Å². The molecule has 2 aromatic carbocycles. The molecule has 35 heavy (non-hydrogen) atoms. The fourth-order valence-electron chi connectivity index (χ4n) is 3.60. The van der Waals surface area contributed by atoms with Gasteiger partial charge in [-0.25, -0.2) is 9.97 Å². The van der Waals surface area contributed by atoms with Crippen LogP contribution in [-0.4, -0.2) is 40.3 Å². The summed E-state index contributed by atoms with van der Waals surface area (Å²) < 4.78 is 10.6. The maximum atomic E-state index is 13.0. The molecular weight excluding hydrogens is 460 g/mol. The minimum Gasteiger partial charge on any atom is -0.497 e. The molecule has 0 spiro atoms. The number of H-pyrrole nitrogens is 1. The van der Waals surface area contributed by atoms with Crippen LogP contribution < -0.4 is 14.8 Å². The number of nitrogens with zero attached hydrogens (tertiary/aromatic N) is 2. The summed E-state index contributed by atoms with van der Waals surface area (Å²) in [5.41, 5.74) is 4.63. The zero-order chi connectivity index (χ0) is 24.8. The van der Waals surface area contributed by atoms with E-state index in [0.717, 1.165) is 39.6 Å². The van der Waals surface area contributed by atoms with Gasteiger partial charge in [-0.1, -0.05) is 18.7 Å². The van der Waals surface area contributed by atoms with Gasteiger partial charge in [-0.2, -0.15) is 0 Å². The number of carbonyl (C=O) groups excluding carboxylic acids is 1. The predicted molar refractivity (Wildman–Crippen MR) is 140 cm³/mol. The zero-order valence-electron chi connectivity index (χ0n) is 20.2. The molecule has 2 N–H and O–H groups in total. The van der Waals surface area contributed by atoms with Crippen LogP contribution in [0, 0.1) is 6.92 Å². The number of nitrogens with one attached hydrogen (secondary N) is 2. The molecule has 4 rings (SSSR count). The number of thioether (sulfide) groups is 1. The van der Waals surface area contributed by atoms with Gasteiger partial charge in [0.2, 0.25) is 5.91 Å². The van der Waals surface area contributed by atoms with Crippen LogP contribution >= 0.6 is 11.8 Å². The highest BCUT2D eigenvalue weighted by molar-refractivity contribution is 8.00. The summed E-state index contributed by atoms with van der Waals surface area (Å²) >= 11 is 1.40. The SMILES string of the molecule is CCC(Sc1nc(-c2ccc(OC)cc2)c(-c2ccc(OC)cc2)[nH]1)C(=O)Nc1cc(C)ccn1. The van der Waals surface area contributed by atoms with Gasteiger partial charge in [0.15, 0.2) is 5.16 Å². The average Bonchev–Trinajstić information content (AvgIpc) is 3.31. The van der Waals surface area contributed by atoms with Crippen LogP contribution in [0.25, 0.3) is 22.5 Å². The number of methoxy groups -OCH3 is 2. The third-order valence-electron chi connectivity index (χ3n) is 5.51. The van der Waals surface area contributed by atoms with E-state index in [1.54, 1.807) is 20.4 Å². The first-order valence-electron chi connectivity index (χ1n) is 11.3. The molecule has 7 nitrogen and oxygen atoms in total. The van der Waals surface area contributed by atoms with E-state index in [1.165, 1.54) is 11.8 Å². The molecule has 0 fully saturated rings. The second kappa shape index (κ2) is 11.1. The molecular formula is C27H28N4O3S. The lowest BCUT2D eigenvalue weighted by atomic mass is 10.0. The van der Waals surface area contributed by atoms with Crippen molar-refractivity contribution in [3.63, 3.8) is 0 Å². The molecule has 2 heterocycles. The van der Waals surface area contributed by atoms with E-state index >= 15 is 0 Å². The van der Waals surface area contributed by atoms with Gasteiger partial charge in [0, 0.05) is 17.3 Å². The first-order valence-corrected chi connectivity index (χ1v) is 12.2. The highest BCUT2D eigenvalue weighted by atomic mass is 32.2. The van der Waals surface area contributed by atoms with Crippen LogP contribution in [0.5, 0.6) is 11.5 Å². The number of anilines is 1. The standard InChI is InChI=1S/C27H28N4O3S/c1-5-22(26(32)29-23-16-17(2)14-15-28-23)35-27-30-24(18-6-10-20(33-3)11-7-18)25(31-27)19-8-12-21(34-4)13-9-19/h6-16,22H,5H2,1-4H3,(H,30,31)(H,28,29,32). The van der Waals surface area contributed by atoms with E-state index in [2.05, 4.69) is 15.3 Å². The molecule has 180 valence electrons. The van der Waals surface area contributed by atoms with Crippen molar-refractivity contribution in [1.82, 2.24) is 15.0 Å². The Morgan fingerprint density at radius 3 is 2.20 bits per heavy atom. The summed E-state index contributed by atoms with van der Waals surface area (Å²) in [6, 6.07) is 19.3. The molecule has 1 unspecified atom stereocenters. The van der Waals surface area contributed by atoms with Crippen molar-refractivity contribution < 1.29 is 14.3 Å². The Bertz CT molecular complexity index is 1220. The Morgan fingerprint density at radius 2 is 1.63 bits per heavy atom. The average molecular weight is 489 g/mol. The van der Waals surface area contributed by atoms with Gasteiger partial charge in [0.1, 0.15) is 17.3 Å². The Hall–Kier alpha value is -3.78. The minimum atomic E-state index is -0.337. The normalized spacial score (nSPS) is 11.7. The van der Waals surface area contributed by atoms with Crippen molar-refractivity contribution >= 4 is 23.5 Å². The molecule has 0 aliphatic heterocycles. The highest BCUT2D eigenvalue weighted by Gasteiger charge is 2.22. The number of pyridine rings is 1. The molecule has 8 heteroatoms. The number of aromatic amines is 1. The van der Waals surface area contributed by atoms with E-state index in [4.69, 9.17) is 14.5 Å². The van der Waals surface area contributed by atoms with E-state index in [1.807, 2.05) is 74.5 Å². The summed E-state index contributed by atoms with van der Waals surface area (Å²) in [4.78, 5) is 25.6. The molecule has 1 atom stereocenters. The Kier molecular flexibility index (Phi) is 7.72. The molecule has 1 amide bonds. The fraction of sp³-hybridized carbons (Fsp3) is 0.222. The smallest absolute Gasteiger partial charge is 0.239 e. The van der Waals surface area contributed by atoms with Crippen molar-refractivity contribution in [3.8, 4) is 34.0 Å². The highest BCUT2D eigenvalue weighted by Crippen LogP contribution is 2.35. The van der Waals surface area contributed by atoms with Crippen LogP contribution in [0.2, 0.25) is 0 Å². The number of imidazole rings is 1. The second-order valence-electron chi connectivity index (χ2n) is 7.94. The molecule has 2 aromatic heterocycles. The molecule has 0 radical (unpaired) electrons. The predicted octanol–water partition coefficient (Wildman–Crippen LogP) is 5.97. The van der Waals surface area contributed by atoms with Crippen LogP contribution in [0.4, 0.5) is 5.82 Å². The molecule has 0 saturated carbocycles. The summed E-state index contributed by atoms with van der Waals surface area (Å²) in [7, 11) is 3.29. The van der Waals surface area contributed by atoms with Crippen LogP contribution in [0.3, 0.4) is 0 Å². The number of rotatable bonds is 9. The fourth-order valence-corrected chi connectivity index (χ4v) is 4.51. The summed E-state index contributed by atoms with van der Waals surface area (Å²) in [6.45, 7) is 3.95. The number of aromatic nitrogens is 3. The summed E-state index contributed by atoms with van der Waals surface area (Å²) in [5.74, 6) is 1.99. The Balaban J connectivity index is 1.64. The van der Waals surface area contributed by atoms with Gasteiger partial charge in [-0.3, -0.25) is 4.79 Å². The van der Waals surface area contributed by atoms with E-state index in [9.17, 15) is 4.79 Å². The molecule has 0 bridgehead atoms. The molecule has 0 aliphatic rings. The molecule has 4 aromatic rings. The Labute approximate surface area is 209 Å². The van der Waals surface area contributed by atoms with Gasteiger partial charge in [0.25, 0.3) is 0 Å². The largest absolute Gasteiger partial charge is 0.497 e. The number of aryl methyl sites for hydroxylation is 1. The van der Waals surface area contributed by atoms with Crippen molar-refractivity contribution in [2.75, 3.05) is 19.5 Å². The van der Waals surface area contributed by atoms with E-state index < -0.39 is 0 Å².